The summed E-state index contributed by atoms with van der Waals surface area (Å²) in [6.45, 7) is 1.49. The number of imidazole rings is 1. The van der Waals surface area contributed by atoms with Crippen molar-refractivity contribution in [2.75, 3.05) is 13.6 Å². The van der Waals surface area contributed by atoms with Gasteiger partial charge in [0.2, 0.25) is 5.91 Å². The number of likely N-dealkylation sites (N-methyl/N-ethyl adjacent to an activating group) is 1. The molecule has 1 amide bonds. The summed E-state index contributed by atoms with van der Waals surface area (Å²) in [5, 5.41) is 9.48. The van der Waals surface area contributed by atoms with Crippen LogP contribution in [0.5, 0.6) is 0 Å². The third kappa shape index (κ3) is 3.48. The first-order valence-corrected chi connectivity index (χ1v) is 8.42. The minimum absolute atomic E-state index is 0.131. The second-order valence-electron chi connectivity index (χ2n) is 6.43. The molecule has 0 saturated carbocycles. The Bertz CT molecular complexity index is 745. The van der Waals surface area contributed by atoms with E-state index in [0.29, 0.717) is 12.1 Å². The lowest BCUT2D eigenvalue weighted by molar-refractivity contribution is -0.132. The number of likely N-dealkylation sites (tertiary alicyclic amines) is 1. The monoisotopic (exact) mass is 322 g/mol. The highest BCUT2D eigenvalue weighted by atomic mass is 16.2. The van der Waals surface area contributed by atoms with Crippen LogP contribution in [-0.4, -0.2) is 34.0 Å². The minimum Gasteiger partial charge on any atom is -0.345 e. The molecule has 1 aliphatic heterocycles. The zero-order valence-corrected chi connectivity index (χ0v) is 14.0. The summed E-state index contributed by atoms with van der Waals surface area (Å²) in [6.07, 6.45) is 9.45. The van der Waals surface area contributed by atoms with Crippen LogP contribution in [0.25, 0.3) is 0 Å². The molecule has 0 aliphatic carbocycles. The van der Waals surface area contributed by atoms with Crippen molar-refractivity contribution in [1.29, 1.82) is 5.26 Å². The van der Waals surface area contributed by atoms with Gasteiger partial charge in [-0.1, -0.05) is 25.0 Å². The van der Waals surface area contributed by atoms with Gasteiger partial charge in [0, 0.05) is 32.5 Å². The molecule has 0 N–H and O–H groups in total. The minimum atomic E-state index is -0.215. The van der Waals surface area contributed by atoms with Crippen molar-refractivity contribution in [1.82, 2.24) is 14.5 Å². The third-order valence-electron chi connectivity index (χ3n) is 4.70. The Morgan fingerprint density at radius 3 is 2.96 bits per heavy atom. The van der Waals surface area contributed by atoms with Crippen molar-refractivity contribution in [3.63, 3.8) is 0 Å². The highest BCUT2D eigenvalue weighted by Crippen LogP contribution is 2.30. The van der Waals surface area contributed by atoms with Gasteiger partial charge in [0.15, 0.2) is 0 Å². The van der Waals surface area contributed by atoms with Gasteiger partial charge in [0.05, 0.1) is 23.9 Å². The van der Waals surface area contributed by atoms with E-state index in [-0.39, 0.29) is 11.8 Å². The van der Waals surface area contributed by atoms with Gasteiger partial charge in [-0.15, -0.1) is 0 Å². The van der Waals surface area contributed by atoms with Gasteiger partial charge in [-0.25, -0.2) is 4.98 Å². The standard InChI is InChI=1S/C19H22N4O/c1-22-9-4-2-3-5-17(19(22)24)18-11-15(6-7-16(18)12-20)13-23-10-8-21-14-23/h6-8,10-11,14,17H,2-5,9,13H2,1H3. The number of benzene rings is 1. The smallest absolute Gasteiger partial charge is 0.229 e. The molecule has 5 heteroatoms. The Labute approximate surface area is 142 Å². The molecular weight excluding hydrogens is 300 g/mol. The average molecular weight is 322 g/mol. The summed E-state index contributed by atoms with van der Waals surface area (Å²) in [5.74, 6) is -0.0846. The van der Waals surface area contributed by atoms with E-state index in [1.54, 1.807) is 12.5 Å². The van der Waals surface area contributed by atoms with Gasteiger partial charge in [0.25, 0.3) is 0 Å². The molecule has 3 rings (SSSR count). The van der Waals surface area contributed by atoms with Crippen LogP contribution in [-0.2, 0) is 11.3 Å². The lowest BCUT2D eigenvalue weighted by Gasteiger charge is -2.27. The van der Waals surface area contributed by atoms with Crippen LogP contribution in [0, 0.1) is 11.3 Å². The van der Waals surface area contributed by atoms with Gasteiger partial charge in [-0.2, -0.15) is 5.26 Å². The van der Waals surface area contributed by atoms with Gasteiger partial charge in [-0.05, 0) is 30.0 Å². The maximum absolute atomic E-state index is 12.8. The van der Waals surface area contributed by atoms with E-state index in [4.69, 9.17) is 0 Å². The van der Waals surface area contributed by atoms with E-state index in [0.717, 1.165) is 43.4 Å². The van der Waals surface area contributed by atoms with Crippen LogP contribution in [0.15, 0.2) is 36.9 Å². The number of rotatable bonds is 3. The topological polar surface area (TPSA) is 61.9 Å². The molecule has 0 spiro atoms. The van der Waals surface area contributed by atoms with Gasteiger partial charge < -0.3 is 9.47 Å². The van der Waals surface area contributed by atoms with Crippen LogP contribution in [0.4, 0.5) is 0 Å². The second kappa shape index (κ2) is 7.31. The average Bonchev–Trinajstić information content (AvgIpc) is 3.09. The largest absolute Gasteiger partial charge is 0.345 e. The summed E-state index contributed by atoms with van der Waals surface area (Å²) in [6, 6.07) is 8.08. The first-order chi connectivity index (χ1) is 11.7. The number of hydrogen-bond donors (Lipinski definition) is 0. The number of nitrogens with zero attached hydrogens (tertiary/aromatic N) is 4. The zero-order chi connectivity index (χ0) is 16.9. The molecule has 0 radical (unpaired) electrons. The third-order valence-corrected chi connectivity index (χ3v) is 4.70. The molecule has 1 fully saturated rings. The first-order valence-electron chi connectivity index (χ1n) is 8.42. The van der Waals surface area contributed by atoms with E-state index >= 15 is 0 Å². The molecular formula is C19H22N4O. The van der Waals surface area contributed by atoms with E-state index in [1.165, 1.54) is 0 Å². The number of carbonyl (C=O) groups excluding carboxylic acids is 1. The van der Waals surface area contributed by atoms with Crippen LogP contribution in [0.1, 0.15) is 48.3 Å². The molecule has 124 valence electrons. The van der Waals surface area contributed by atoms with Crippen molar-refractivity contribution >= 4 is 5.91 Å². The lowest BCUT2D eigenvalue weighted by Crippen LogP contribution is -2.34. The Morgan fingerprint density at radius 2 is 2.21 bits per heavy atom. The Morgan fingerprint density at radius 1 is 1.33 bits per heavy atom. The molecule has 0 bridgehead atoms. The molecule has 1 unspecified atom stereocenters. The van der Waals surface area contributed by atoms with Crippen molar-refractivity contribution in [3.8, 4) is 6.07 Å². The van der Waals surface area contributed by atoms with Crippen LogP contribution >= 0.6 is 0 Å². The number of aromatic nitrogens is 2. The van der Waals surface area contributed by atoms with E-state index in [1.807, 2.05) is 40.9 Å². The van der Waals surface area contributed by atoms with E-state index in [2.05, 4.69) is 11.1 Å². The normalized spacial score (nSPS) is 18.8. The molecule has 1 aromatic heterocycles. The molecule has 1 aromatic carbocycles. The summed E-state index contributed by atoms with van der Waals surface area (Å²) < 4.78 is 1.98. The second-order valence-corrected chi connectivity index (χ2v) is 6.43. The van der Waals surface area contributed by atoms with E-state index in [9.17, 15) is 10.1 Å². The Kier molecular flexibility index (Phi) is 4.95. The molecule has 1 atom stereocenters. The van der Waals surface area contributed by atoms with E-state index < -0.39 is 0 Å². The number of carbonyl (C=O) groups is 1. The maximum atomic E-state index is 12.8. The Hall–Kier alpha value is -2.61. The van der Waals surface area contributed by atoms with Crippen LogP contribution in [0.3, 0.4) is 0 Å². The number of nitriles is 1. The highest BCUT2D eigenvalue weighted by Gasteiger charge is 2.27. The Balaban J connectivity index is 1.94. The van der Waals surface area contributed by atoms with Crippen molar-refractivity contribution in [2.24, 2.45) is 0 Å². The van der Waals surface area contributed by atoms with Crippen molar-refractivity contribution < 1.29 is 4.79 Å². The fraction of sp³-hybridized carbons (Fsp3) is 0.421. The summed E-state index contributed by atoms with van der Waals surface area (Å²) >= 11 is 0. The van der Waals surface area contributed by atoms with Gasteiger partial charge in [0.1, 0.15) is 0 Å². The predicted octanol–water partition coefficient (Wildman–Crippen LogP) is 2.92. The number of amides is 1. The quantitative estimate of drug-likeness (QED) is 0.873. The molecule has 2 aromatic rings. The summed E-state index contributed by atoms with van der Waals surface area (Å²) in [4.78, 5) is 18.7. The fourth-order valence-corrected chi connectivity index (χ4v) is 3.35. The molecule has 5 nitrogen and oxygen atoms in total. The SMILES string of the molecule is CN1CCCCCC(c2cc(Cn3ccnc3)ccc2C#N)C1=O. The molecule has 24 heavy (non-hydrogen) atoms. The molecule has 2 heterocycles. The predicted molar refractivity (Wildman–Crippen MR) is 91.3 cm³/mol. The van der Waals surface area contributed by atoms with Crippen molar-refractivity contribution in [3.05, 3.63) is 53.6 Å². The molecule has 1 aliphatic rings. The van der Waals surface area contributed by atoms with Crippen molar-refractivity contribution in [2.45, 2.75) is 38.1 Å². The first kappa shape index (κ1) is 16.3. The fourth-order valence-electron chi connectivity index (χ4n) is 3.35. The lowest BCUT2D eigenvalue weighted by atomic mass is 9.86. The summed E-state index contributed by atoms with van der Waals surface area (Å²) in [7, 11) is 1.86. The van der Waals surface area contributed by atoms with Crippen LogP contribution in [0.2, 0.25) is 0 Å². The molecule has 1 saturated heterocycles. The number of hydrogen-bond acceptors (Lipinski definition) is 3. The maximum Gasteiger partial charge on any atom is 0.229 e. The highest BCUT2D eigenvalue weighted by molar-refractivity contribution is 5.84. The summed E-state index contributed by atoms with van der Waals surface area (Å²) in [5.41, 5.74) is 2.56. The van der Waals surface area contributed by atoms with Gasteiger partial charge in [-0.3, -0.25) is 4.79 Å². The van der Waals surface area contributed by atoms with Crippen LogP contribution < -0.4 is 0 Å². The van der Waals surface area contributed by atoms with Gasteiger partial charge >= 0.3 is 0 Å². The zero-order valence-electron chi connectivity index (χ0n) is 14.0.